The Morgan fingerprint density at radius 2 is 1.70 bits per heavy atom. The van der Waals surface area contributed by atoms with Gasteiger partial charge in [0, 0.05) is 23.1 Å². The number of sulfonamides is 1. The Labute approximate surface area is 140 Å². The quantitative estimate of drug-likeness (QED) is 0.856. The van der Waals surface area contributed by atoms with E-state index in [2.05, 4.69) is 4.72 Å². The fourth-order valence-electron chi connectivity index (χ4n) is 2.18. The molecule has 2 aromatic rings. The Balaban J connectivity index is 1.85. The molecule has 3 rings (SSSR count). The summed E-state index contributed by atoms with van der Waals surface area (Å²) in [4.78, 5) is 1.22. The molecular formula is C16H17NO4S2. The first-order chi connectivity index (χ1) is 11.1. The zero-order chi connectivity index (χ0) is 16.3. The summed E-state index contributed by atoms with van der Waals surface area (Å²) < 4.78 is 38.7. The Bertz CT molecular complexity index is 788. The average molecular weight is 351 g/mol. The van der Waals surface area contributed by atoms with E-state index in [1.54, 1.807) is 30.0 Å². The highest BCUT2D eigenvalue weighted by molar-refractivity contribution is 7.98. The molecule has 0 saturated heterocycles. The molecule has 0 aliphatic carbocycles. The van der Waals surface area contributed by atoms with Crippen molar-refractivity contribution in [3.8, 4) is 11.5 Å². The predicted octanol–water partition coefficient (Wildman–Crippen LogP) is 3.37. The summed E-state index contributed by atoms with van der Waals surface area (Å²) in [6.45, 7) is 1.08. The molecular weight excluding hydrogens is 334 g/mol. The highest BCUT2D eigenvalue weighted by atomic mass is 32.2. The van der Waals surface area contributed by atoms with Crippen LogP contribution in [-0.2, 0) is 10.0 Å². The van der Waals surface area contributed by atoms with Gasteiger partial charge in [-0.1, -0.05) is 0 Å². The molecule has 0 spiro atoms. The van der Waals surface area contributed by atoms with E-state index in [-0.39, 0.29) is 4.90 Å². The van der Waals surface area contributed by atoms with E-state index >= 15 is 0 Å². The van der Waals surface area contributed by atoms with Gasteiger partial charge in [0.2, 0.25) is 0 Å². The fourth-order valence-corrected chi connectivity index (χ4v) is 3.67. The van der Waals surface area contributed by atoms with Crippen LogP contribution in [0.3, 0.4) is 0 Å². The maximum absolute atomic E-state index is 12.5. The van der Waals surface area contributed by atoms with Crippen molar-refractivity contribution >= 4 is 27.5 Å². The summed E-state index contributed by atoms with van der Waals surface area (Å²) in [5.41, 5.74) is 0.523. The van der Waals surface area contributed by atoms with Crippen LogP contribution in [0.5, 0.6) is 11.5 Å². The van der Waals surface area contributed by atoms with Crippen LogP contribution in [0.25, 0.3) is 0 Å². The van der Waals surface area contributed by atoms with E-state index in [9.17, 15) is 8.42 Å². The number of thioether (sulfide) groups is 1. The molecule has 0 unspecified atom stereocenters. The number of rotatable bonds is 4. The van der Waals surface area contributed by atoms with Crippen molar-refractivity contribution in [1.82, 2.24) is 0 Å². The third-order valence-electron chi connectivity index (χ3n) is 3.37. The number of hydrogen-bond donors (Lipinski definition) is 1. The van der Waals surface area contributed by atoms with Crippen LogP contribution in [0.4, 0.5) is 5.69 Å². The van der Waals surface area contributed by atoms with Gasteiger partial charge in [0.25, 0.3) is 10.0 Å². The van der Waals surface area contributed by atoms with Crippen LogP contribution < -0.4 is 14.2 Å². The second-order valence-corrected chi connectivity index (χ2v) is 7.56. The normalized spacial score (nSPS) is 14.1. The van der Waals surface area contributed by atoms with Crippen molar-refractivity contribution in [2.45, 2.75) is 16.2 Å². The number of anilines is 1. The topological polar surface area (TPSA) is 64.6 Å². The lowest BCUT2D eigenvalue weighted by atomic mass is 10.3. The molecule has 0 bridgehead atoms. The second-order valence-electron chi connectivity index (χ2n) is 4.99. The van der Waals surface area contributed by atoms with Crippen molar-refractivity contribution in [2.75, 3.05) is 24.2 Å². The smallest absolute Gasteiger partial charge is 0.262 e. The molecule has 1 N–H and O–H groups in total. The monoisotopic (exact) mass is 351 g/mol. The first-order valence-corrected chi connectivity index (χ1v) is 9.86. The Morgan fingerprint density at radius 1 is 1.00 bits per heavy atom. The molecule has 122 valence electrons. The largest absolute Gasteiger partial charge is 0.490 e. The summed E-state index contributed by atoms with van der Waals surface area (Å²) in [5, 5.41) is 0. The fraction of sp³-hybridized carbons (Fsp3) is 0.250. The van der Waals surface area contributed by atoms with Crippen LogP contribution in [-0.4, -0.2) is 27.9 Å². The zero-order valence-corrected chi connectivity index (χ0v) is 14.2. The van der Waals surface area contributed by atoms with Gasteiger partial charge in [0.15, 0.2) is 11.5 Å². The molecule has 7 heteroatoms. The molecule has 0 atom stereocenters. The summed E-state index contributed by atoms with van der Waals surface area (Å²) in [7, 11) is -3.67. The van der Waals surface area contributed by atoms with Crippen molar-refractivity contribution in [1.29, 1.82) is 0 Å². The molecule has 5 nitrogen and oxygen atoms in total. The van der Waals surface area contributed by atoms with Crippen LogP contribution in [0.2, 0.25) is 0 Å². The highest BCUT2D eigenvalue weighted by Gasteiger charge is 2.19. The van der Waals surface area contributed by atoms with Crippen LogP contribution in [0.1, 0.15) is 6.42 Å². The summed E-state index contributed by atoms with van der Waals surface area (Å²) in [6, 6.07) is 11.9. The van der Waals surface area contributed by atoms with Gasteiger partial charge in [-0.25, -0.2) is 8.42 Å². The molecule has 1 aliphatic heterocycles. The molecule has 0 radical (unpaired) electrons. The maximum atomic E-state index is 12.5. The summed E-state index contributed by atoms with van der Waals surface area (Å²) in [5.74, 6) is 1.04. The van der Waals surface area contributed by atoms with Crippen molar-refractivity contribution in [3.05, 3.63) is 42.5 Å². The summed E-state index contributed by atoms with van der Waals surface area (Å²) in [6.07, 6.45) is 2.74. The molecule has 23 heavy (non-hydrogen) atoms. The van der Waals surface area contributed by atoms with Crippen LogP contribution >= 0.6 is 11.8 Å². The van der Waals surface area contributed by atoms with Gasteiger partial charge < -0.3 is 9.47 Å². The molecule has 0 amide bonds. The first kappa shape index (κ1) is 16.0. The summed E-state index contributed by atoms with van der Waals surface area (Å²) >= 11 is 1.60. The standard InChI is InChI=1S/C16H17NO4S2/c1-22-13-5-3-12(4-6-13)17-23(18,19)14-7-8-15-16(11-14)21-10-2-9-20-15/h3-8,11,17H,2,9-10H2,1H3. The molecule has 0 saturated carbocycles. The Morgan fingerprint density at radius 3 is 2.39 bits per heavy atom. The lowest BCUT2D eigenvalue weighted by Crippen LogP contribution is -2.13. The minimum absolute atomic E-state index is 0.149. The van der Waals surface area contributed by atoms with E-state index in [1.165, 1.54) is 12.1 Å². The minimum atomic E-state index is -3.67. The minimum Gasteiger partial charge on any atom is -0.490 e. The zero-order valence-electron chi connectivity index (χ0n) is 12.6. The highest BCUT2D eigenvalue weighted by Crippen LogP contribution is 2.32. The molecule has 2 aromatic carbocycles. The van der Waals surface area contributed by atoms with Gasteiger partial charge in [-0.05, 0) is 42.7 Å². The third-order valence-corrected chi connectivity index (χ3v) is 5.49. The van der Waals surface area contributed by atoms with Gasteiger partial charge in [-0.15, -0.1) is 11.8 Å². The van der Waals surface area contributed by atoms with E-state index in [0.717, 1.165) is 11.3 Å². The lowest BCUT2D eigenvalue weighted by molar-refractivity contribution is 0.297. The van der Waals surface area contributed by atoms with E-state index in [0.29, 0.717) is 30.4 Å². The van der Waals surface area contributed by atoms with Crippen molar-refractivity contribution in [3.63, 3.8) is 0 Å². The van der Waals surface area contributed by atoms with Crippen molar-refractivity contribution < 1.29 is 17.9 Å². The van der Waals surface area contributed by atoms with Gasteiger partial charge >= 0.3 is 0 Å². The SMILES string of the molecule is CSc1ccc(NS(=O)(=O)c2ccc3c(c2)OCCCO3)cc1. The van der Waals surface area contributed by atoms with Gasteiger partial charge in [-0.3, -0.25) is 4.72 Å². The molecule has 0 fully saturated rings. The van der Waals surface area contributed by atoms with Crippen LogP contribution in [0, 0.1) is 0 Å². The number of nitrogens with one attached hydrogen (secondary N) is 1. The average Bonchev–Trinajstić information content (AvgIpc) is 2.80. The maximum Gasteiger partial charge on any atom is 0.262 e. The number of hydrogen-bond acceptors (Lipinski definition) is 5. The van der Waals surface area contributed by atoms with Crippen molar-refractivity contribution in [2.24, 2.45) is 0 Å². The second kappa shape index (κ2) is 6.72. The first-order valence-electron chi connectivity index (χ1n) is 7.15. The van der Waals surface area contributed by atoms with Gasteiger partial charge in [-0.2, -0.15) is 0 Å². The molecule has 1 aliphatic rings. The van der Waals surface area contributed by atoms with Crippen LogP contribution in [0.15, 0.2) is 52.3 Å². The number of benzene rings is 2. The van der Waals surface area contributed by atoms with E-state index in [4.69, 9.17) is 9.47 Å². The molecule has 0 aromatic heterocycles. The number of fused-ring (bicyclic) bond motifs is 1. The van der Waals surface area contributed by atoms with Gasteiger partial charge in [0.1, 0.15) is 0 Å². The van der Waals surface area contributed by atoms with E-state index < -0.39 is 10.0 Å². The Kier molecular flexibility index (Phi) is 4.68. The Hall–Kier alpha value is -1.86. The lowest BCUT2D eigenvalue weighted by Gasteiger charge is -2.11. The predicted molar refractivity (Wildman–Crippen MR) is 91.1 cm³/mol. The van der Waals surface area contributed by atoms with E-state index in [1.807, 2.05) is 18.4 Å². The third kappa shape index (κ3) is 3.73. The number of ether oxygens (including phenoxy) is 2. The van der Waals surface area contributed by atoms with Gasteiger partial charge in [0.05, 0.1) is 18.1 Å². The molecule has 1 heterocycles.